The van der Waals surface area contributed by atoms with E-state index in [0.29, 0.717) is 11.7 Å². The molecule has 0 fully saturated rings. The number of esters is 1. The number of carbonyl (C=O) groups excluding carboxylic acids is 1. The highest BCUT2D eigenvalue weighted by Gasteiger charge is 2.24. The van der Waals surface area contributed by atoms with E-state index in [-0.39, 0.29) is 11.9 Å². The number of hydrogen-bond donors (Lipinski definition) is 0. The molecule has 0 aromatic heterocycles. The van der Waals surface area contributed by atoms with Gasteiger partial charge >= 0.3 is 5.97 Å². The molecule has 1 rings (SSSR count). The Morgan fingerprint density at radius 2 is 1.74 bits per heavy atom. The highest BCUT2D eigenvalue weighted by Crippen LogP contribution is 2.31. The Balaban J connectivity index is 2.92. The molecule has 0 aliphatic carbocycles. The molecule has 2 nitrogen and oxygen atoms in total. The van der Waals surface area contributed by atoms with Crippen molar-refractivity contribution in [3.05, 3.63) is 22.8 Å². The molecule has 0 bridgehead atoms. The van der Waals surface area contributed by atoms with Crippen molar-refractivity contribution in [3.8, 4) is 5.75 Å². The fraction of sp³-hybridized carbons (Fsp3) is 0.500. The van der Waals surface area contributed by atoms with Crippen molar-refractivity contribution in [3.63, 3.8) is 0 Å². The van der Waals surface area contributed by atoms with Gasteiger partial charge in [-0.1, -0.05) is 27.2 Å². The van der Waals surface area contributed by atoms with E-state index in [1.165, 1.54) is 0 Å². The lowest BCUT2D eigenvalue weighted by molar-refractivity contribution is -0.140. The average Bonchev–Trinajstić information content (AvgIpc) is 2.29. The van der Waals surface area contributed by atoms with E-state index in [1.807, 2.05) is 12.1 Å². The van der Waals surface area contributed by atoms with Gasteiger partial charge in [0.2, 0.25) is 0 Å². The van der Waals surface area contributed by atoms with Crippen LogP contribution in [0.25, 0.3) is 0 Å². The summed E-state index contributed by atoms with van der Waals surface area (Å²) in [7, 11) is 0. The van der Waals surface area contributed by atoms with Crippen LogP contribution < -0.4 is 4.74 Å². The maximum atomic E-state index is 12.3. The van der Waals surface area contributed by atoms with E-state index in [0.717, 1.165) is 23.6 Å². The summed E-state index contributed by atoms with van der Waals surface area (Å²) in [6.07, 6.45) is 1.88. The van der Waals surface area contributed by atoms with Gasteiger partial charge in [0, 0.05) is 3.57 Å². The van der Waals surface area contributed by atoms with E-state index in [1.54, 1.807) is 0 Å². The normalized spacial score (nSPS) is 12.6. The van der Waals surface area contributed by atoms with E-state index in [2.05, 4.69) is 88.5 Å². The van der Waals surface area contributed by atoms with Crippen LogP contribution in [0.1, 0.15) is 33.6 Å². The van der Waals surface area contributed by atoms with Crippen molar-refractivity contribution in [2.45, 2.75) is 33.6 Å². The molecule has 0 spiro atoms. The molecule has 0 saturated heterocycles. The van der Waals surface area contributed by atoms with Crippen molar-refractivity contribution >= 4 is 73.7 Å². The molecule has 0 heterocycles. The zero-order valence-corrected chi connectivity index (χ0v) is 17.6. The molecule has 19 heavy (non-hydrogen) atoms. The second-order valence-corrected chi connectivity index (χ2v) is 8.33. The van der Waals surface area contributed by atoms with Crippen molar-refractivity contribution in [1.82, 2.24) is 0 Å². The van der Waals surface area contributed by atoms with Gasteiger partial charge in [-0.2, -0.15) is 0 Å². The number of hydrogen-bond acceptors (Lipinski definition) is 2. The molecule has 0 radical (unpaired) electrons. The molecule has 1 atom stereocenters. The maximum Gasteiger partial charge on any atom is 0.314 e. The molecule has 0 aliphatic rings. The first-order valence-electron chi connectivity index (χ1n) is 6.23. The topological polar surface area (TPSA) is 26.3 Å². The minimum atomic E-state index is -0.103. The summed E-state index contributed by atoms with van der Waals surface area (Å²) < 4.78 is 8.78. The molecule has 5 heteroatoms. The lowest BCUT2D eigenvalue weighted by Gasteiger charge is -2.19. The molecular weight excluding hydrogens is 581 g/mol. The summed E-state index contributed by atoms with van der Waals surface area (Å²) in [4.78, 5) is 12.3. The van der Waals surface area contributed by atoms with Crippen LogP contribution >= 0.6 is 67.8 Å². The Kier molecular flexibility index (Phi) is 7.88. The number of halogens is 3. The van der Waals surface area contributed by atoms with Crippen molar-refractivity contribution in [2.75, 3.05) is 0 Å². The molecule has 0 saturated carbocycles. The maximum absolute atomic E-state index is 12.3. The van der Waals surface area contributed by atoms with Gasteiger partial charge in [0.1, 0.15) is 0 Å². The average molecular weight is 598 g/mol. The minimum Gasteiger partial charge on any atom is -0.424 e. The second kappa shape index (κ2) is 8.35. The third-order valence-corrected chi connectivity index (χ3v) is 5.10. The van der Waals surface area contributed by atoms with Crippen LogP contribution in [-0.2, 0) is 4.79 Å². The lowest BCUT2D eigenvalue weighted by atomic mass is 9.91. The van der Waals surface area contributed by atoms with E-state index < -0.39 is 0 Å². The van der Waals surface area contributed by atoms with Crippen LogP contribution in [0.2, 0.25) is 0 Å². The highest BCUT2D eigenvalue weighted by molar-refractivity contribution is 14.1. The Hall–Kier alpha value is 0.880. The smallest absolute Gasteiger partial charge is 0.314 e. The molecule has 0 N–H and O–H groups in total. The van der Waals surface area contributed by atoms with E-state index >= 15 is 0 Å². The summed E-state index contributed by atoms with van der Waals surface area (Å²) in [6.45, 7) is 6.25. The van der Waals surface area contributed by atoms with Crippen molar-refractivity contribution in [1.29, 1.82) is 0 Å². The molecule has 1 unspecified atom stereocenters. The summed E-state index contributed by atoms with van der Waals surface area (Å²) in [6, 6.07) is 4.05. The summed E-state index contributed by atoms with van der Waals surface area (Å²) in [5, 5.41) is 0. The largest absolute Gasteiger partial charge is 0.424 e. The van der Waals surface area contributed by atoms with Crippen LogP contribution in [0.4, 0.5) is 0 Å². The molecular formula is C14H17I3O2. The van der Waals surface area contributed by atoms with Crippen molar-refractivity contribution < 1.29 is 9.53 Å². The van der Waals surface area contributed by atoms with Gasteiger partial charge in [-0.15, -0.1) is 0 Å². The quantitative estimate of drug-likeness (QED) is 0.255. The summed E-state index contributed by atoms with van der Waals surface area (Å²) in [5.74, 6) is 0.893. The van der Waals surface area contributed by atoms with Gasteiger partial charge in [0.25, 0.3) is 0 Å². The van der Waals surface area contributed by atoms with Gasteiger partial charge in [0.15, 0.2) is 5.75 Å². The second-order valence-electron chi connectivity index (χ2n) is 4.76. The van der Waals surface area contributed by atoms with Crippen LogP contribution in [0.15, 0.2) is 12.1 Å². The number of rotatable bonds is 5. The van der Waals surface area contributed by atoms with Crippen LogP contribution in [-0.4, -0.2) is 5.97 Å². The van der Waals surface area contributed by atoms with Crippen molar-refractivity contribution in [2.24, 2.45) is 11.8 Å². The summed E-state index contributed by atoms with van der Waals surface area (Å²) >= 11 is 6.71. The van der Waals surface area contributed by atoms with Gasteiger partial charge in [-0.25, -0.2) is 0 Å². The minimum absolute atomic E-state index is 0.0177. The molecule has 1 aromatic rings. The first-order chi connectivity index (χ1) is 8.86. The zero-order valence-electron chi connectivity index (χ0n) is 11.2. The number of benzene rings is 1. The predicted molar refractivity (Wildman–Crippen MR) is 103 cm³/mol. The Bertz CT molecular complexity index is 435. The van der Waals surface area contributed by atoms with Crippen LogP contribution in [0.5, 0.6) is 5.75 Å². The Morgan fingerprint density at radius 3 is 2.16 bits per heavy atom. The first kappa shape index (κ1) is 17.9. The Labute approximate surface area is 155 Å². The standard InChI is InChI=1S/C14H17I3O2/c1-4-5-10(8(2)3)14(18)19-13-11(16)6-9(15)7-12(13)17/h6-8,10H,4-5H2,1-3H3. The molecule has 1 aromatic carbocycles. The van der Waals surface area contributed by atoms with Gasteiger partial charge in [-0.3, -0.25) is 4.79 Å². The van der Waals surface area contributed by atoms with Gasteiger partial charge in [0.05, 0.1) is 13.1 Å². The SMILES string of the molecule is CCCC(C(=O)Oc1c(I)cc(I)cc1I)C(C)C. The third-order valence-electron chi connectivity index (χ3n) is 2.87. The van der Waals surface area contributed by atoms with E-state index in [4.69, 9.17) is 4.74 Å². The highest BCUT2D eigenvalue weighted by atomic mass is 127. The fourth-order valence-corrected chi connectivity index (χ4v) is 5.64. The Morgan fingerprint density at radius 1 is 1.21 bits per heavy atom. The lowest BCUT2D eigenvalue weighted by Crippen LogP contribution is -2.25. The number of ether oxygens (including phenoxy) is 1. The first-order valence-corrected chi connectivity index (χ1v) is 9.46. The zero-order chi connectivity index (χ0) is 14.6. The van der Waals surface area contributed by atoms with E-state index in [9.17, 15) is 4.79 Å². The van der Waals surface area contributed by atoms with Crippen LogP contribution in [0.3, 0.4) is 0 Å². The predicted octanol–water partition coefficient (Wildman–Crippen LogP) is 5.48. The third kappa shape index (κ3) is 5.29. The van der Waals surface area contributed by atoms with Gasteiger partial charge in [-0.05, 0) is 92.2 Å². The summed E-state index contributed by atoms with van der Waals surface area (Å²) in [5.41, 5.74) is 0. The molecule has 106 valence electrons. The molecule has 0 amide bonds. The monoisotopic (exact) mass is 598 g/mol. The van der Waals surface area contributed by atoms with Gasteiger partial charge < -0.3 is 4.74 Å². The van der Waals surface area contributed by atoms with Crippen LogP contribution in [0, 0.1) is 22.5 Å². The number of carbonyl (C=O) groups is 1. The fourth-order valence-electron chi connectivity index (χ4n) is 1.84. The molecule has 0 aliphatic heterocycles.